The van der Waals surface area contributed by atoms with Crippen LogP contribution in [0.15, 0.2) is 54.6 Å². The van der Waals surface area contributed by atoms with E-state index in [0.29, 0.717) is 17.5 Å². The van der Waals surface area contributed by atoms with Gasteiger partial charge in [-0.15, -0.1) is 37.2 Å². The molecule has 0 aliphatic carbocycles. The lowest BCUT2D eigenvalue weighted by atomic mass is 9.96. The number of carbonyl (C=O) groups excluding carboxylic acids is 3. The Morgan fingerprint density at radius 3 is 1.55 bits per heavy atom. The topological polar surface area (TPSA) is 106 Å². The van der Waals surface area contributed by atoms with Crippen LogP contribution in [0.5, 0.6) is 0 Å². The quantitative estimate of drug-likeness (QED) is 0.262. The Kier molecular flexibility index (Phi) is 25.5. The summed E-state index contributed by atoms with van der Waals surface area (Å²) >= 11 is 5.78. The van der Waals surface area contributed by atoms with Crippen LogP contribution in [0.4, 0.5) is 5.69 Å². The van der Waals surface area contributed by atoms with E-state index in [9.17, 15) is 14.4 Å². The average Bonchev–Trinajstić information content (AvgIpc) is 3.11. The molecule has 49 heavy (non-hydrogen) atoms. The highest BCUT2D eigenvalue weighted by Crippen LogP contribution is 2.18. The highest BCUT2D eigenvalue weighted by atomic mass is 35.5. The second-order valence-corrected chi connectivity index (χ2v) is 12.7. The Morgan fingerprint density at radius 2 is 1.10 bits per heavy atom. The van der Waals surface area contributed by atoms with Crippen molar-refractivity contribution in [2.24, 2.45) is 17.8 Å². The van der Waals surface area contributed by atoms with Crippen LogP contribution in [0.1, 0.15) is 57.9 Å². The monoisotopic (exact) mass is 762 g/mol. The van der Waals surface area contributed by atoms with Gasteiger partial charge in [-0.2, -0.15) is 0 Å². The van der Waals surface area contributed by atoms with Gasteiger partial charge in [0.15, 0.2) is 0 Å². The first kappa shape index (κ1) is 46.9. The molecular weight excluding hydrogens is 706 g/mol. The molecule has 4 N–H and O–H groups in total. The molecular formula is C36H58Cl4N6O3. The van der Waals surface area contributed by atoms with Crippen molar-refractivity contribution in [1.82, 2.24) is 25.8 Å². The molecule has 3 fully saturated rings. The SMILES string of the molecule is CCN(CC)C(=O)C1CCNCC1.CN(Cc1ccccc1)C(=O)C1CCNCC1.Cl.Cl.Cl.O=C(Nc1ccc(Cl)cc1)C1CCNCC1. The molecule has 0 bridgehead atoms. The highest BCUT2D eigenvalue weighted by molar-refractivity contribution is 6.30. The summed E-state index contributed by atoms with van der Waals surface area (Å²) in [5, 5.41) is 13.4. The maximum atomic E-state index is 12.2. The zero-order valence-corrected chi connectivity index (χ0v) is 32.5. The maximum absolute atomic E-state index is 12.2. The van der Waals surface area contributed by atoms with Gasteiger partial charge in [0, 0.05) is 55.1 Å². The van der Waals surface area contributed by atoms with Crippen molar-refractivity contribution in [2.75, 3.05) is 64.7 Å². The second kappa shape index (κ2) is 26.7. The molecule has 2 aromatic rings. The molecule has 0 spiro atoms. The van der Waals surface area contributed by atoms with Crippen molar-refractivity contribution < 1.29 is 14.4 Å². The van der Waals surface area contributed by atoms with E-state index in [4.69, 9.17) is 11.6 Å². The van der Waals surface area contributed by atoms with Crippen molar-refractivity contribution in [1.29, 1.82) is 0 Å². The number of halogens is 4. The number of piperidine rings is 3. The van der Waals surface area contributed by atoms with Crippen LogP contribution in [-0.2, 0) is 20.9 Å². The molecule has 278 valence electrons. The Labute approximate surface area is 317 Å². The lowest BCUT2D eigenvalue weighted by Gasteiger charge is -2.27. The number of hydrogen-bond donors (Lipinski definition) is 4. The van der Waals surface area contributed by atoms with Crippen LogP contribution in [0.2, 0.25) is 5.02 Å². The lowest BCUT2D eigenvalue weighted by molar-refractivity contribution is -0.136. The molecule has 9 nitrogen and oxygen atoms in total. The molecule has 0 unspecified atom stereocenters. The third-order valence-corrected chi connectivity index (χ3v) is 9.16. The number of amides is 3. The van der Waals surface area contributed by atoms with Crippen LogP contribution in [0.25, 0.3) is 0 Å². The number of carbonyl (C=O) groups is 3. The van der Waals surface area contributed by atoms with Crippen LogP contribution < -0.4 is 21.3 Å². The number of hydrogen-bond acceptors (Lipinski definition) is 6. The Bertz CT molecular complexity index is 1170. The molecule has 13 heteroatoms. The van der Waals surface area contributed by atoms with Crippen LogP contribution in [0.3, 0.4) is 0 Å². The van der Waals surface area contributed by atoms with Crippen LogP contribution in [-0.4, -0.2) is 86.9 Å². The summed E-state index contributed by atoms with van der Waals surface area (Å²) in [6.45, 7) is 12.3. The summed E-state index contributed by atoms with van der Waals surface area (Å²) in [6, 6.07) is 17.3. The minimum atomic E-state index is 0. The number of benzene rings is 2. The molecule has 0 atom stereocenters. The van der Waals surface area contributed by atoms with Gasteiger partial charge < -0.3 is 31.1 Å². The lowest BCUT2D eigenvalue weighted by Crippen LogP contribution is -2.40. The van der Waals surface area contributed by atoms with Gasteiger partial charge in [-0.05, 0) is 121 Å². The summed E-state index contributed by atoms with van der Waals surface area (Å²) in [5.41, 5.74) is 2.00. The summed E-state index contributed by atoms with van der Waals surface area (Å²) in [4.78, 5) is 39.7. The van der Waals surface area contributed by atoms with E-state index in [0.717, 1.165) is 96.6 Å². The van der Waals surface area contributed by atoms with E-state index in [1.165, 1.54) is 5.56 Å². The smallest absolute Gasteiger partial charge is 0.227 e. The summed E-state index contributed by atoms with van der Waals surface area (Å²) in [5.74, 6) is 1.38. The molecule has 3 aliphatic heterocycles. The first-order chi connectivity index (χ1) is 22.3. The van der Waals surface area contributed by atoms with E-state index < -0.39 is 0 Å². The van der Waals surface area contributed by atoms with E-state index in [1.807, 2.05) is 61.0 Å². The molecule has 0 saturated carbocycles. The summed E-state index contributed by atoms with van der Waals surface area (Å²) in [6.07, 6.45) is 5.79. The van der Waals surface area contributed by atoms with Gasteiger partial charge in [-0.25, -0.2) is 0 Å². The summed E-state index contributed by atoms with van der Waals surface area (Å²) in [7, 11) is 1.90. The standard InChI is InChI=1S/C14H20N2O.C12H15ClN2O.C10H20N2O.3ClH/c1-16(11-12-5-3-2-4-6-12)14(17)13-7-9-15-10-8-13;13-10-1-3-11(4-2-10)15-12(16)9-5-7-14-8-6-9;1-3-12(4-2)10(13)9-5-7-11-8-6-9;;;/h2-6,13,15H,7-11H2,1H3;1-4,9,14H,5-8H2,(H,15,16);9,11H,3-8H2,1-2H3;3*1H. The van der Waals surface area contributed by atoms with Gasteiger partial charge in [0.2, 0.25) is 17.7 Å². The predicted octanol–water partition coefficient (Wildman–Crippen LogP) is 6.04. The molecule has 0 aromatic heterocycles. The largest absolute Gasteiger partial charge is 0.343 e. The minimum Gasteiger partial charge on any atom is -0.343 e. The normalized spacial score (nSPS) is 16.3. The Balaban J connectivity index is 0.000000691. The van der Waals surface area contributed by atoms with E-state index in [-0.39, 0.29) is 66.8 Å². The zero-order valence-electron chi connectivity index (χ0n) is 29.3. The molecule has 3 saturated heterocycles. The average molecular weight is 765 g/mol. The zero-order chi connectivity index (χ0) is 33.1. The van der Waals surface area contributed by atoms with E-state index in [2.05, 4.69) is 33.4 Å². The highest BCUT2D eigenvalue weighted by Gasteiger charge is 2.25. The third-order valence-electron chi connectivity index (χ3n) is 8.91. The number of nitrogens with one attached hydrogen (secondary N) is 4. The molecule has 3 aliphatic rings. The van der Waals surface area contributed by atoms with E-state index in [1.54, 1.807) is 12.1 Å². The van der Waals surface area contributed by atoms with Crippen LogP contribution in [0, 0.1) is 17.8 Å². The number of rotatable bonds is 8. The van der Waals surface area contributed by atoms with Crippen molar-refractivity contribution in [2.45, 2.75) is 58.9 Å². The fourth-order valence-corrected chi connectivity index (χ4v) is 6.17. The summed E-state index contributed by atoms with van der Waals surface area (Å²) < 4.78 is 0. The van der Waals surface area contributed by atoms with E-state index >= 15 is 0 Å². The molecule has 0 radical (unpaired) electrons. The van der Waals surface area contributed by atoms with Crippen molar-refractivity contribution in [3.63, 3.8) is 0 Å². The molecule has 3 heterocycles. The third kappa shape index (κ3) is 17.1. The fraction of sp³-hybridized carbons (Fsp3) is 0.583. The minimum absolute atomic E-state index is 0. The van der Waals surface area contributed by atoms with Crippen molar-refractivity contribution in [3.05, 3.63) is 65.2 Å². The van der Waals surface area contributed by atoms with Gasteiger partial charge in [-0.3, -0.25) is 14.4 Å². The van der Waals surface area contributed by atoms with Gasteiger partial charge in [0.1, 0.15) is 0 Å². The fourth-order valence-electron chi connectivity index (χ4n) is 6.04. The second-order valence-electron chi connectivity index (χ2n) is 12.3. The van der Waals surface area contributed by atoms with Crippen LogP contribution >= 0.6 is 48.8 Å². The maximum Gasteiger partial charge on any atom is 0.227 e. The first-order valence-electron chi connectivity index (χ1n) is 17.1. The molecule has 2 aromatic carbocycles. The van der Waals surface area contributed by atoms with Crippen molar-refractivity contribution >= 4 is 72.2 Å². The Hall–Kier alpha value is -2.11. The molecule has 5 rings (SSSR count). The van der Waals surface area contributed by atoms with Gasteiger partial charge >= 0.3 is 0 Å². The van der Waals surface area contributed by atoms with Gasteiger partial charge in [-0.1, -0.05) is 41.9 Å². The number of anilines is 1. The first-order valence-corrected chi connectivity index (χ1v) is 17.5. The van der Waals surface area contributed by atoms with Crippen molar-refractivity contribution in [3.8, 4) is 0 Å². The van der Waals surface area contributed by atoms with Gasteiger partial charge in [0.25, 0.3) is 0 Å². The number of nitrogens with zero attached hydrogens (tertiary/aromatic N) is 2. The molecule has 3 amide bonds. The predicted molar refractivity (Wildman–Crippen MR) is 209 cm³/mol. The Morgan fingerprint density at radius 1 is 0.673 bits per heavy atom. The van der Waals surface area contributed by atoms with Gasteiger partial charge in [0.05, 0.1) is 0 Å².